The van der Waals surface area contributed by atoms with Gasteiger partial charge in [-0.25, -0.2) is 0 Å². The van der Waals surface area contributed by atoms with Gasteiger partial charge in [0.2, 0.25) is 0 Å². The number of benzene rings is 1. The van der Waals surface area contributed by atoms with Crippen LogP contribution in [-0.4, -0.2) is 25.8 Å². The second kappa shape index (κ2) is 5.49. The quantitative estimate of drug-likeness (QED) is 0.882. The second-order valence-electron chi connectivity index (χ2n) is 3.39. The minimum atomic E-state index is -0.570. The van der Waals surface area contributed by atoms with Crippen LogP contribution in [0.5, 0.6) is 5.75 Å². The molecule has 1 aromatic rings. The third-order valence-corrected chi connectivity index (χ3v) is 3.34. The van der Waals surface area contributed by atoms with Crippen molar-refractivity contribution in [3.05, 3.63) is 27.7 Å². The van der Waals surface area contributed by atoms with Gasteiger partial charge in [-0.1, -0.05) is 6.07 Å². The van der Waals surface area contributed by atoms with Crippen LogP contribution in [0.25, 0.3) is 0 Å². The molecule has 0 fully saturated rings. The molecule has 0 heterocycles. The van der Waals surface area contributed by atoms with Crippen LogP contribution in [0.3, 0.4) is 0 Å². The third-order valence-electron chi connectivity index (χ3n) is 2.28. The van der Waals surface area contributed by atoms with Gasteiger partial charge in [0, 0.05) is 16.6 Å². The highest BCUT2D eigenvalue weighted by atomic mass is 79.9. The number of hydrogen-bond donors (Lipinski definition) is 2. The van der Waals surface area contributed by atoms with Gasteiger partial charge in [0.05, 0.1) is 13.2 Å². The fourth-order valence-electron chi connectivity index (χ4n) is 1.47. The molecule has 2 N–H and O–H groups in total. The maximum Gasteiger partial charge on any atom is 0.125 e. The Hall–Kier alpha value is -0.580. The number of methoxy groups -OCH3 is 1. The fraction of sp³-hybridized carbons (Fsp3) is 0.455. The molecule has 1 unspecified atom stereocenters. The first-order valence-electron chi connectivity index (χ1n) is 4.77. The molecule has 1 aromatic carbocycles. The van der Waals surface area contributed by atoms with E-state index in [0.29, 0.717) is 12.3 Å². The summed E-state index contributed by atoms with van der Waals surface area (Å²) in [5, 5.41) is 12.9. The van der Waals surface area contributed by atoms with Crippen LogP contribution in [0.4, 0.5) is 0 Å². The Bertz CT molecular complexity index is 342. The van der Waals surface area contributed by atoms with E-state index in [1.807, 2.05) is 19.1 Å². The minimum Gasteiger partial charge on any atom is -0.496 e. The fourth-order valence-corrected chi connectivity index (χ4v) is 2.06. The average Bonchev–Trinajstić information content (AvgIpc) is 2.22. The van der Waals surface area contributed by atoms with Gasteiger partial charge < -0.3 is 15.2 Å². The summed E-state index contributed by atoms with van der Waals surface area (Å²) in [5.41, 5.74) is 1.88. The van der Waals surface area contributed by atoms with Crippen LogP contribution >= 0.6 is 15.9 Å². The first-order chi connectivity index (χ1) is 7.11. The Morgan fingerprint density at radius 2 is 2.20 bits per heavy atom. The Morgan fingerprint density at radius 1 is 1.53 bits per heavy atom. The standard InChI is InChI=1S/C11H16BrNO2/c1-7-4-5-9(15-3)10(11(7)12)8(14)6-13-2/h4-5,8,13-14H,6H2,1-3H3. The zero-order chi connectivity index (χ0) is 11.4. The van der Waals surface area contributed by atoms with Crippen molar-refractivity contribution in [2.75, 3.05) is 20.7 Å². The number of aryl methyl sites for hydroxylation is 1. The molecule has 1 rings (SSSR count). The minimum absolute atomic E-state index is 0.498. The maximum absolute atomic E-state index is 9.97. The highest BCUT2D eigenvalue weighted by molar-refractivity contribution is 9.10. The first-order valence-corrected chi connectivity index (χ1v) is 5.56. The van der Waals surface area contributed by atoms with Crippen molar-refractivity contribution >= 4 is 15.9 Å². The van der Waals surface area contributed by atoms with E-state index in [4.69, 9.17) is 4.74 Å². The average molecular weight is 274 g/mol. The molecule has 15 heavy (non-hydrogen) atoms. The van der Waals surface area contributed by atoms with Crippen LogP contribution in [-0.2, 0) is 0 Å². The Balaban J connectivity index is 3.17. The Labute approximate surface area is 98.6 Å². The molecular formula is C11H16BrNO2. The second-order valence-corrected chi connectivity index (χ2v) is 4.18. The van der Waals surface area contributed by atoms with E-state index in [9.17, 15) is 5.11 Å². The molecule has 0 saturated heterocycles. The van der Waals surface area contributed by atoms with Crippen LogP contribution in [0.15, 0.2) is 16.6 Å². The molecule has 3 nitrogen and oxygen atoms in total. The van der Waals surface area contributed by atoms with E-state index in [2.05, 4.69) is 21.2 Å². The van der Waals surface area contributed by atoms with Gasteiger partial charge in [-0.3, -0.25) is 0 Å². The normalized spacial score (nSPS) is 12.6. The molecule has 84 valence electrons. The zero-order valence-corrected chi connectivity index (χ0v) is 10.8. The summed E-state index contributed by atoms with van der Waals surface area (Å²) in [5.74, 6) is 0.704. The van der Waals surface area contributed by atoms with Crippen LogP contribution in [0.1, 0.15) is 17.2 Å². The van der Waals surface area contributed by atoms with Crippen molar-refractivity contribution in [3.63, 3.8) is 0 Å². The number of likely N-dealkylation sites (N-methyl/N-ethyl adjacent to an activating group) is 1. The van der Waals surface area contributed by atoms with E-state index in [1.165, 1.54) is 0 Å². The van der Waals surface area contributed by atoms with E-state index >= 15 is 0 Å². The van der Waals surface area contributed by atoms with Gasteiger partial charge in [-0.05, 0) is 41.5 Å². The molecule has 0 saturated carbocycles. The third kappa shape index (κ3) is 2.71. The van der Waals surface area contributed by atoms with Gasteiger partial charge in [-0.2, -0.15) is 0 Å². The van der Waals surface area contributed by atoms with E-state index in [-0.39, 0.29) is 0 Å². The molecule has 1 atom stereocenters. The molecular weight excluding hydrogens is 258 g/mol. The van der Waals surface area contributed by atoms with Crippen LogP contribution < -0.4 is 10.1 Å². The van der Waals surface area contributed by atoms with Gasteiger partial charge >= 0.3 is 0 Å². The lowest BCUT2D eigenvalue weighted by atomic mass is 10.1. The zero-order valence-electron chi connectivity index (χ0n) is 9.17. The summed E-state index contributed by atoms with van der Waals surface area (Å²) < 4.78 is 6.14. The summed E-state index contributed by atoms with van der Waals surface area (Å²) in [7, 11) is 3.41. The lowest BCUT2D eigenvalue weighted by Gasteiger charge is -2.17. The first kappa shape index (κ1) is 12.5. The van der Waals surface area contributed by atoms with Crippen molar-refractivity contribution in [1.29, 1.82) is 0 Å². The summed E-state index contributed by atoms with van der Waals surface area (Å²) in [6.45, 7) is 2.48. The van der Waals surface area contributed by atoms with E-state index in [0.717, 1.165) is 15.6 Å². The van der Waals surface area contributed by atoms with Crippen molar-refractivity contribution in [1.82, 2.24) is 5.32 Å². The van der Waals surface area contributed by atoms with Gasteiger partial charge in [0.25, 0.3) is 0 Å². The SMILES string of the molecule is CNCC(O)c1c(OC)ccc(C)c1Br. The molecule has 0 radical (unpaired) electrons. The smallest absolute Gasteiger partial charge is 0.125 e. The molecule has 0 bridgehead atoms. The topological polar surface area (TPSA) is 41.5 Å². The highest BCUT2D eigenvalue weighted by Crippen LogP contribution is 2.34. The highest BCUT2D eigenvalue weighted by Gasteiger charge is 2.17. The van der Waals surface area contributed by atoms with Gasteiger partial charge in [-0.15, -0.1) is 0 Å². The number of halogens is 1. The van der Waals surface area contributed by atoms with Crippen molar-refractivity contribution in [3.8, 4) is 5.75 Å². The monoisotopic (exact) mass is 273 g/mol. The Kier molecular flexibility index (Phi) is 4.57. The molecule has 4 heteroatoms. The Morgan fingerprint density at radius 3 is 2.73 bits per heavy atom. The van der Waals surface area contributed by atoms with Crippen LogP contribution in [0.2, 0.25) is 0 Å². The lowest BCUT2D eigenvalue weighted by Crippen LogP contribution is -2.18. The van der Waals surface area contributed by atoms with Crippen molar-refractivity contribution in [2.45, 2.75) is 13.0 Å². The summed E-state index contributed by atoms with van der Waals surface area (Å²) >= 11 is 3.47. The van der Waals surface area contributed by atoms with Crippen LogP contribution in [0, 0.1) is 6.92 Å². The van der Waals surface area contributed by atoms with E-state index in [1.54, 1.807) is 14.2 Å². The molecule has 0 aliphatic heterocycles. The summed E-state index contributed by atoms with van der Waals surface area (Å²) in [4.78, 5) is 0. The predicted molar refractivity (Wildman–Crippen MR) is 64.3 cm³/mol. The van der Waals surface area contributed by atoms with E-state index < -0.39 is 6.10 Å². The summed E-state index contributed by atoms with van der Waals surface area (Å²) in [6, 6.07) is 3.83. The lowest BCUT2D eigenvalue weighted by molar-refractivity contribution is 0.172. The number of aliphatic hydroxyl groups is 1. The van der Waals surface area contributed by atoms with Gasteiger partial charge in [0.15, 0.2) is 0 Å². The number of ether oxygens (including phenoxy) is 1. The number of hydrogen-bond acceptors (Lipinski definition) is 3. The largest absolute Gasteiger partial charge is 0.496 e. The van der Waals surface area contributed by atoms with Crippen molar-refractivity contribution < 1.29 is 9.84 Å². The molecule has 0 amide bonds. The molecule has 0 aromatic heterocycles. The summed E-state index contributed by atoms with van der Waals surface area (Å²) in [6.07, 6.45) is -0.570. The number of rotatable bonds is 4. The number of nitrogens with one attached hydrogen (secondary N) is 1. The predicted octanol–water partition coefficient (Wildman–Crippen LogP) is 2.02. The molecule has 0 aliphatic rings. The number of aliphatic hydroxyl groups excluding tert-OH is 1. The molecule has 0 aliphatic carbocycles. The maximum atomic E-state index is 9.97. The van der Waals surface area contributed by atoms with Crippen molar-refractivity contribution in [2.24, 2.45) is 0 Å². The van der Waals surface area contributed by atoms with Gasteiger partial charge in [0.1, 0.15) is 5.75 Å². The molecule has 0 spiro atoms.